The lowest BCUT2D eigenvalue weighted by molar-refractivity contribution is -0.141. The van der Waals surface area contributed by atoms with Crippen LogP contribution in [0, 0.1) is 0 Å². The number of nitrogens with one attached hydrogen (secondary N) is 2. The lowest BCUT2D eigenvalue weighted by atomic mass is 10.1. The summed E-state index contributed by atoms with van der Waals surface area (Å²) < 4.78 is 0. The Morgan fingerprint density at radius 3 is 1.60 bits per heavy atom. The van der Waals surface area contributed by atoms with Gasteiger partial charge < -0.3 is 46.4 Å². The number of amides is 2. The summed E-state index contributed by atoms with van der Waals surface area (Å²) in [6, 6.07) is 3.22. The average molecular weight is 488 g/mol. The molecule has 0 aliphatic rings. The van der Waals surface area contributed by atoms with Crippen LogP contribution in [-0.2, 0) is 14.4 Å². The average Bonchev–Trinajstić information content (AvgIpc) is 2.79. The molecule has 0 aliphatic heterocycles. The van der Waals surface area contributed by atoms with Gasteiger partial charge in [0.15, 0.2) is 34.5 Å². The Hall–Kier alpha value is -4.87. The Labute approximate surface area is 198 Å². The Balaban J connectivity index is 1.82. The van der Waals surface area contributed by atoms with E-state index in [4.69, 9.17) is 0 Å². The first-order valence-electron chi connectivity index (χ1n) is 10.1. The summed E-state index contributed by atoms with van der Waals surface area (Å²) >= 11 is 0. The molecule has 186 valence electrons. The maximum atomic E-state index is 12.0. The Bertz CT molecular complexity index is 1130. The Kier molecular flexibility index (Phi) is 8.92. The summed E-state index contributed by atoms with van der Waals surface area (Å²) in [4.78, 5) is 35.3. The molecule has 0 aromatic heterocycles. The number of benzene rings is 2. The maximum Gasteiger partial charge on any atom is 0.326 e. The molecule has 35 heavy (non-hydrogen) atoms. The SMILES string of the molecule is O=C(/C=C/c1cc(O)c(O)c(O)c1)NCCCC(NC(=O)/C=C/c1cc(O)c(O)c(O)c1)C(=O)O. The van der Waals surface area contributed by atoms with Crippen LogP contribution < -0.4 is 10.6 Å². The molecule has 9 N–H and O–H groups in total. The summed E-state index contributed by atoms with van der Waals surface area (Å²) in [6.07, 6.45) is 4.81. The number of carbonyl (C=O) groups excluding carboxylic acids is 2. The van der Waals surface area contributed by atoms with E-state index in [0.29, 0.717) is 0 Å². The van der Waals surface area contributed by atoms with Crippen molar-refractivity contribution in [3.8, 4) is 34.5 Å². The molecule has 2 aromatic carbocycles. The molecule has 1 atom stereocenters. The topological polar surface area (TPSA) is 217 Å². The van der Waals surface area contributed by atoms with Gasteiger partial charge in [0, 0.05) is 18.7 Å². The van der Waals surface area contributed by atoms with Crippen LogP contribution in [0.4, 0.5) is 0 Å². The van der Waals surface area contributed by atoms with Gasteiger partial charge in [-0.2, -0.15) is 0 Å². The van der Waals surface area contributed by atoms with Crippen molar-refractivity contribution in [1.29, 1.82) is 0 Å². The van der Waals surface area contributed by atoms with E-state index >= 15 is 0 Å². The standard InChI is InChI=1S/C23H24N2O10/c26-15-8-12(9-16(27)21(15)32)3-5-19(30)24-7-1-2-14(23(34)35)25-20(31)6-4-13-10-17(28)22(33)18(29)11-13/h3-6,8-11,14,26-29,32-33H,1-2,7H2,(H,24,30)(H,25,31)(H,34,35)/b5-3+,6-4+. The second kappa shape index (κ2) is 11.8. The van der Waals surface area contributed by atoms with Gasteiger partial charge in [0.25, 0.3) is 0 Å². The molecule has 12 heteroatoms. The normalized spacial score (nSPS) is 12.0. The molecule has 0 heterocycles. The highest BCUT2D eigenvalue weighted by Crippen LogP contribution is 2.36. The molecule has 12 nitrogen and oxygen atoms in total. The third-order valence-corrected chi connectivity index (χ3v) is 4.62. The third-order valence-electron chi connectivity index (χ3n) is 4.62. The molecule has 0 radical (unpaired) electrons. The first kappa shape index (κ1) is 26.4. The number of hydrogen-bond acceptors (Lipinski definition) is 9. The molecule has 2 aromatic rings. The van der Waals surface area contributed by atoms with E-state index < -0.39 is 58.3 Å². The van der Waals surface area contributed by atoms with Crippen molar-refractivity contribution in [3.63, 3.8) is 0 Å². The first-order chi connectivity index (χ1) is 16.5. The smallest absolute Gasteiger partial charge is 0.326 e. The molecule has 0 saturated heterocycles. The zero-order valence-corrected chi connectivity index (χ0v) is 18.2. The van der Waals surface area contributed by atoms with Crippen LogP contribution in [0.3, 0.4) is 0 Å². The van der Waals surface area contributed by atoms with E-state index in [-0.39, 0.29) is 30.5 Å². The van der Waals surface area contributed by atoms with E-state index in [2.05, 4.69) is 10.6 Å². The van der Waals surface area contributed by atoms with Crippen LogP contribution in [0.25, 0.3) is 12.2 Å². The van der Waals surface area contributed by atoms with Gasteiger partial charge in [-0.25, -0.2) is 4.79 Å². The van der Waals surface area contributed by atoms with Crippen LogP contribution in [-0.4, -0.2) is 66.1 Å². The van der Waals surface area contributed by atoms with E-state index in [1.165, 1.54) is 12.2 Å². The van der Waals surface area contributed by atoms with Gasteiger partial charge in [-0.15, -0.1) is 0 Å². The second-order valence-electron chi connectivity index (χ2n) is 7.31. The van der Waals surface area contributed by atoms with Gasteiger partial charge in [0.05, 0.1) is 0 Å². The van der Waals surface area contributed by atoms with Crippen LogP contribution in [0.15, 0.2) is 36.4 Å². The summed E-state index contributed by atoms with van der Waals surface area (Å²) in [5.74, 6) is -6.25. The van der Waals surface area contributed by atoms with Crippen molar-refractivity contribution in [1.82, 2.24) is 10.6 Å². The molecular weight excluding hydrogens is 464 g/mol. The minimum atomic E-state index is -1.29. The second-order valence-corrected chi connectivity index (χ2v) is 7.31. The number of phenols is 6. The van der Waals surface area contributed by atoms with Gasteiger partial charge in [0.2, 0.25) is 11.8 Å². The maximum absolute atomic E-state index is 12.0. The van der Waals surface area contributed by atoms with E-state index in [1.807, 2.05) is 0 Å². The molecular formula is C23H24N2O10. The zero-order chi connectivity index (χ0) is 26.1. The molecule has 1 unspecified atom stereocenters. The summed E-state index contributed by atoms with van der Waals surface area (Å²) in [5, 5.41) is 70.5. The van der Waals surface area contributed by atoms with Gasteiger partial charge in [-0.3, -0.25) is 9.59 Å². The van der Waals surface area contributed by atoms with Crippen molar-refractivity contribution in [3.05, 3.63) is 47.5 Å². The van der Waals surface area contributed by atoms with Crippen LogP contribution >= 0.6 is 0 Å². The number of phenolic OH excluding ortho intramolecular Hbond substituents is 6. The largest absolute Gasteiger partial charge is 0.504 e. The van der Waals surface area contributed by atoms with Crippen molar-refractivity contribution < 1.29 is 50.1 Å². The van der Waals surface area contributed by atoms with Crippen molar-refractivity contribution in [2.24, 2.45) is 0 Å². The van der Waals surface area contributed by atoms with Crippen molar-refractivity contribution >= 4 is 29.9 Å². The van der Waals surface area contributed by atoms with Crippen molar-refractivity contribution in [2.75, 3.05) is 6.54 Å². The van der Waals surface area contributed by atoms with Crippen LogP contribution in [0.5, 0.6) is 34.5 Å². The van der Waals surface area contributed by atoms with E-state index in [1.54, 1.807) is 0 Å². The van der Waals surface area contributed by atoms with Crippen LogP contribution in [0.1, 0.15) is 24.0 Å². The number of aromatic hydroxyl groups is 6. The molecule has 2 rings (SSSR count). The van der Waals surface area contributed by atoms with E-state index in [0.717, 1.165) is 36.4 Å². The highest BCUT2D eigenvalue weighted by atomic mass is 16.4. The third kappa shape index (κ3) is 7.89. The molecule has 0 spiro atoms. The quantitative estimate of drug-likeness (QED) is 0.132. The number of carboxylic acid groups (broad SMARTS) is 1. The fraction of sp³-hybridized carbons (Fsp3) is 0.174. The monoisotopic (exact) mass is 488 g/mol. The van der Waals surface area contributed by atoms with Crippen molar-refractivity contribution in [2.45, 2.75) is 18.9 Å². The zero-order valence-electron chi connectivity index (χ0n) is 18.2. The first-order valence-corrected chi connectivity index (χ1v) is 10.1. The fourth-order valence-electron chi connectivity index (χ4n) is 2.84. The van der Waals surface area contributed by atoms with Gasteiger partial charge in [-0.05, 0) is 60.4 Å². The molecule has 0 saturated carbocycles. The lowest BCUT2D eigenvalue weighted by Gasteiger charge is -2.13. The minimum Gasteiger partial charge on any atom is -0.504 e. The Morgan fingerprint density at radius 2 is 1.17 bits per heavy atom. The molecule has 0 aliphatic carbocycles. The van der Waals surface area contributed by atoms with Gasteiger partial charge in [-0.1, -0.05) is 0 Å². The predicted molar refractivity (Wildman–Crippen MR) is 123 cm³/mol. The number of hydrogen-bond donors (Lipinski definition) is 9. The summed E-state index contributed by atoms with van der Waals surface area (Å²) in [5.41, 5.74) is 0.445. The van der Waals surface area contributed by atoms with Crippen LogP contribution in [0.2, 0.25) is 0 Å². The number of carbonyl (C=O) groups is 3. The van der Waals surface area contributed by atoms with Gasteiger partial charge >= 0.3 is 5.97 Å². The number of rotatable bonds is 10. The van der Waals surface area contributed by atoms with Gasteiger partial charge in [0.1, 0.15) is 6.04 Å². The molecule has 0 bridgehead atoms. The summed E-state index contributed by atoms with van der Waals surface area (Å²) in [7, 11) is 0. The summed E-state index contributed by atoms with van der Waals surface area (Å²) in [6.45, 7) is 0.0941. The number of aliphatic carboxylic acids is 1. The minimum absolute atomic E-state index is 0.000595. The molecule has 0 fully saturated rings. The highest BCUT2D eigenvalue weighted by molar-refractivity contribution is 5.94. The predicted octanol–water partition coefficient (Wildman–Crippen LogP) is 1.11. The Morgan fingerprint density at radius 1 is 0.743 bits per heavy atom. The van der Waals surface area contributed by atoms with E-state index in [9.17, 15) is 50.1 Å². The highest BCUT2D eigenvalue weighted by Gasteiger charge is 2.18. The molecule has 2 amide bonds. The lowest BCUT2D eigenvalue weighted by Crippen LogP contribution is -2.40. The number of carboxylic acids is 1. The fourth-order valence-corrected chi connectivity index (χ4v) is 2.84.